The smallest absolute Gasteiger partial charge is 0.364 e. The molecule has 15 heavy (non-hydrogen) atoms. The summed E-state index contributed by atoms with van der Waals surface area (Å²) in [5, 5.41) is 0. The molecule has 90 valence electrons. The summed E-state index contributed by atoms with van der Waals surface area (Å²) in [5.74, 6) is 0.454. The first-order valence-corrected chi connectivity index (χ1v) is 5.35. The number of alkyl halides is 3. The van der Waals surface area contributed by atoms with Crippen molar-refractivity contribution in [1.29, 1.82) is 0 Å². The SMILES string of the molecule is CC1CCCC(OC(CN)C(F)(F)F)C1. The fraction of sp³-hybridized carbons (Fsp3) is 1.00. The van der Waals surface area contributed by atoms with Crippen molar-refractivity contribution in [3.8, 4) is 0 Å². The van der Waals surface area contributed by atoms with Gasteiger partial charge in [0.25, 0.3) is 0 Å². The molecule has 2 N–H and O–H groups in total. The molecule has 3 unspecified atom stereocenters. The van der Waals surface area contributed by atoms with E-state index in [2.05, 4.69) is 0 Å². The van der Waals surface area contributed by atoms with E-state index in [-0.39, 0.29) is 6.10 Å². The Labute approximate surface area is 88.0 Å². The van der Waals surface area contributed by atoms with Crippen molar-refractivity contribution < 1.29 is 17.9 Å². The lowest BCUT2D eigenvalue weighted by Crippen LogP contribution is -2.42. The fourth-order valence-electron chi connectivity index (χ4n) is 2.00. The maximum Gasteiger partial charge on any atom is 0.415 e. The third-order valence-corrected chi connectivity index (χ3v) is 2.82. The summed E-state index contributed by atoms with van der Waals surface area (Å²) in [5.41, 5.74) is 5.07. The predicted octanol–water partition coefficient (Wildman–Crippen LogP) is 2.47. The number of nitrogens with two attached hydrogens (primary N) is 1. The fourth-order valence-corrected chi connectivity index (χ4v) is 2.00. The molecule has 1 fully saturated rings. The van der Waals surface area contributed by atoms with E-state index < -0.39 is 18.8 Å². The third kappa shape index (κ3) is 3.99. The summed E-state index contributed by atoms with van der Waals surface area (Å²) in [6.45, 7) is 1.55. The molecule has 0 aromatic rings. The van der Waals surface area contributed by atoms with Crippen LogP contribution in [0.3, 0.4) is 0 Å². The van der Waals surface area contributed by atoms with Crippen molar-refractivity contribution in [2.24, 2.45) is 11.7 Å². The van der Waals surface area contributed by atoms with Crippen molar-refractivity contribution in [2.45, 2.75) is 51.0 Å². The highest BCUT2D eigenvalue weighted by atomic mass is 19.4. The van der Waals surface area contributed by atoms with Gasteiger partial charge in [0, 0.05) is 6.54 Å². The second-order valence-electron chi connectivity index (χ2n) is 4.30. The van der Waals surface area contributed by atoms with Crippen LogP contribution in [-0.2, 0) is 4.74 Å². The number of ether oxygens (including phenoxy) is 1. The Kier molecular flexibility index (Phi) is 4.40. The highest BCUT2D eigenvalue weighted by Crippen LogP contribution is 2.30. The standard InChI is InChI=1S/C10H18F3NO/c1-7-3-2-4-8(5-7)15-9(6-14)10(11,12)13/h7-9H,2-6,14H2,1H3. The van der Waals surface area contributed by atoms with Crippen LogP contribution in [0.25, 0.3) is 0 Å². The van der Waals surface area contributed by atoms with Crippen molar-refractivity contribution >= 4 is 0 Å². The van der Waals surface area contributed by atoms with Gasteiger partial charge in [0.15, 0.2) is 6.10 Å². The van der Waals surface area contributed by atoms with E-state index in [1.807, 2.05) is 6.92 Å². The molecular formula is C10H18F3NO. The second-order valence-corrected chi connectivity index (χ2v) is 4.30. The Morgan fingerprint density at radius 3 is 2.53 bits per heavy atom. The minimum absolute atomic E-state index is 0.274. The lowest BCUT2D eigenvalue weighted by Gasteiger charge is -2.30. The van der Waals surface area contributed by atoms with Crippen LogP contribution in [0.5, 0.6) is 0 Å². The van der Waals surface area contributed by atoms with E-state index in [0.29, 0.717) is 12.3 Å². The van der Waals surface area contributed by atoms with Crippen LogP contribution in [0.4, 0.5) is 13.2 Å². The summed E-state index contributed by atoms with van der Waals surface area (Å²) in [6.07, 6.45) is -2.95. The average Bonchev–Trinajstić information content (AvgIpc) is 2.12. The van der Waals surface area contributed by atoms with Crippen LogP contribution < -0.4 is 5.73 Å². The lowest BCUT2D eigenvalue weighted by molar-refractivity contribution is -0.232. The zero-order valence-corrected chi connectivity index (χ0v) is 8.89. The van der Waals surface area contributed by atoms with Crippen LogP contribution in [0, 0.1) is 5.92 Å². The molecule has 0 spiro atoms. The van der Waals surface area contributed by atoms with Gasteiger partial charge in [0.05, 0.1) is 6.10 Å². The second kappa shape index (κ2) is 5.16. The molecule has 0 aliphatic heterocycles. The van der Waals surface area contributed by atoms with Gasteiger partial charge in [-0.05, 0) is 18.8 Å². The molecule has 0 radical (unpaired) electrons. The number of hydrogen-bond acceptors (Lipinski definition) is 2. The normalized spacial score (nSPS) is 30.2. The topological polar surface area (TPSA) is 35.2 Å². The highest BCUT2D eigenvalue weighted by molar-refractivity contribution is 4.75. The average molecular weight is 225 g/mol. The molecule has 1 aliphatic rings. The molecule has 1 aliphatic carbocycles. The first-order chi connectivity index (χ1) is 6.93. The van der Waals surface area contributed by atoms with Gasteiger partial charge in [-0.15, -0.1) is 0 Å². The lowest BCUT2D eigenvalue weighted by atomic mass is 9.88. The molecule has 0 amide bonds. The number of halogens is 3. The Morgan fingerprint density at radius 1 is 1.40 bits per heavy atom. The largest absolute Gasteiger partial charge is 0.415 e. The van der Waals surface area contributed by atoms with Gasteiger partial charge in [-0.2, -0.15) is 13.2 Å². The monoisotopic (exact) mass is 225 g/mol. The first-order valence-electron chi connectivity index (χ1n) is 5.35. The molecule has 0 aromatic carbocycles. The van der Waals surface area contributed by atoms with Crippen LogP contribution in [0.15, 0.2) is 0 Å². The van der Waals surface area contributed by atoms with E-state index in [9.17, 15) is 13.2 Å². The minimum atomic E-state index is -4.34. The third-order valence-electron chi connectivity index (χ3n) is 2.82. The van der Waals surface area contributed by atoms with E-state index in [4.69, 9.17) is 10.5 Å². The van der Waals surface area contributed by atoms with Gasteiger partial charge in [-0.1, -0.05) is 19.8 Å². The zero-order chi connectivity index (χ0) is 11.5. The van der Waals surface area contributed by atoms with E-state index >= 15 is 0 Å². The molecule has 0 saturated heterocycles. The van der Waals surface area contributed by atoms with Gasteiger partial charge in [-0.25, -0.2) is 0 Å². The Bertz CT molecular complexity index is 196. The molecular weight excluding hydrogens is 207 g/mol. The summed E-state index contributed by atoms with van der Waals surface area (Å²) < 4.78 is 42.1. The molecule has 1 rings (SSSR count). The molecule has 1 saturated carbocycles. The predicted molar refractivity (Wildman–Crippen MR) is 51.4 cm³/mol. The van der Waals surface area contributed by atoms with Crippen molar-refractivity contribution in [2.75, 3.05) is 6.54 Å². The molecule has 3 atom stereocenters. The Balaban J connectivity index is 2.44. The summed E-state index contributed by atoms with van der Waals surface area (Å²) in [4.78, 5) is 0. The summed E-state index contributed by atoms with van der Waals surface area (Å²) >= 11 is 0. The van der Waals surface area contributed by atoms with Crippen molar-refractivity contribution in [3.05, 3.63) is 0 Å². The minimum Gasteiger partial charge on any atom is -0.364 e. The highest BCUT2D eigenvalue weighted by Gasteiger charge is 2.41. The van der Waals surface area contributed by atoms with Crippen LogP contribution in [0.1, 0.15) is 32.6 Å². The van der Waals surface area contributed by atoms with Crippen molar-refractivity contribution in [1.82, 2.24) is 0 Å². The molecule has 0 heterocycles. The maximum atomic E-state index is 12.4. The van der Waals surface area contributed by atoms with E-state index in [0.717, 1.165) is 19.3 Å². The van der Waals surface area contributed by atoms with Crippen molar-refractivity contribution in [3.63, 3.8) is 0 Å². The number of rotatable bonds is 3. The Morgan fingerprint density at radius 2 is 2.07 bits per heavy atom. The molecule has 0 aromatic heterocycles. The van der Waals surface area contributed by atoms with Gasteiger partial charge in [0.1, 0.15) is 0 Å². The van der Waals surface area contributed by atoms with Gasteiger partial charge in [-0.3, -0.25) is 0 Å². The van der Waals surface area contributed by atoms with Crippen LogP contribution >= 0.6 is 0 Å². The Hall–Kier alpha value is -0.290. The first kappa shape index (κ1) is 12.8. The summed E-state index contributed by atoms with van der Waals surface area (Å²) in [6, 6.07) is 0. The van der Waals surface area contributed by atoms with E-state index in [1.54, 1.807) is 0 Å². The molecule has 0 bridgehead atoms. The van der Waals surface area contributed by atoms with E-state index in [1.165, 1.54) is 0 Å². The van der Waals surface area contributed by atoms with Gasteiger partial charge in [0.2, 0.25) is 0 Å². The van der Waals surface area contributed by atoms with Crippen LogP contribution in [-0.4, -0.2) is 24.9 Å². The number of hydrogen-bond donors (Lipinski definition) is 1. The zero-order valence-electron chi connectivity index (χ0n) is 8.89. The van der Waals surface area contributed by atoms with Gasteiger partial charge < -0.3 is 10.5 Å². The quantitative estimate of drug-likeness (QED) is 0.800. The maximum absolute atomic E-state index is 12.4. The molecule has 2 nitrogen and oxygen atoms in total. The molecule has 5 heteroatoms. The van der Waals surface area contributed by atoms with Crippen LogP contribution in [0.2, 0.25) is 0 Å². The van der Waals surface area contributed by atoms with Gasteiger partial charge >= 0.3 is 6.18 Å². The summed E-state index contributed by atoms with van der Waals surface area (Å²) in [7, 11) is 0.